The van der Waals surface area contributed by atoms with Crippen LogP contribution in [0.1, 0.15) is 0 Å². The maximum atomic E-state index is 12.4. The van der Waals surface area contributed by atoms with Crippen molar-refractivity contribution in [2.24, 2.45) is 0 Å². The molecule has 24 heavy (non-hydrogen) atoms. The lowest BCUT2D eigenvalue weighted by Crippen LogP contribution is -2.10. The molecule has 8 heteroatoms. The lowest BCUT2D eigenvalue weighted by atomic mass is 10.2. The predicted octanol–water partition coefficient (Wildman–Crippen LogP) is 3.23. The Kier molecular flexibility index (Phi) is 3.83. The third kappa shape index (κ3) is 2.70. The van der Waals surface area contributed by atoms with E-state index in [1.54, 1.807) is 24.7 Å². The number of H-pyrrole nitrogens is 1. The van der Waals surface area contributed by atoms with Crippen molar-refractivity contribution in [3.8, 4) is 21.8 Å². The molecule has 0 unspecified atom stereocenters. The number of hydrogen-bond acceptors (Lipinski definition) is 7. The minimum Gasteiger partial charge on any atom is -0.306 e. The van der Waals surface area contributed by atoms with Gasteiger partial charge in [0.2, 0.25) is 0 Å². The monoisotopic (exact) mass is 353 g/mol. The summed E-state index contributed by atoms with van der Waals surface area (Å²) < 4.78 is 0. The summed E-state index contributed by atoms with van der Waals surface area (Å²) in [6.07, 6.45) is 7.05. The number of nitrogens with zero attached hydrogens (tertiary/aromatic N) is 4. The van der Waals surface area contributed by atoms with Crippen LogP contribution >= 0.6 is 23.1 Å². The van der Waals surface area contributed by atoms with Crippen LogP contribution in [0, 0.1) is 0 Å². The van der Waals surface area contributed by atoms with Gasteiger partial charge in [-0.3, -0.25) is 9.78 Å². The van der Waals surface area contributed by atoms with Gasteiger partial charge in [0.25, 0.3) is 5.56 Å². The number of pyridine rings is 2. The van der Waals surface area contributed by atoms with Crippen LogP contribution in [0.15, 0.2) is 52.1 Å². The highest BCUT2D eigenvalue weighted by atomic mass is 32.2. The number of aromatic amines is 1. The van der Waals surface area contributed by atoms with Crippen molar-refractivity contribution < 1.29 is 0 Å². The van der Waals surface area contributed by atoms with Crippen LogP contribution in [-0.2, 0) is 0 Å². The van der Waals surface area contributed by atoms with Gasteiger partial charge in [0.15, 0.2) is 5.16 Å². The van der Waals surface area contributed by atoms with E-state index < -0.39 is 0 Å². The molecule has 0 atom stereocenters. The Morgan fingerprint density at radius 1 is 1.21 bits per heavy atom. The second kappa shape index (κ2) is 6.14. The minimum absolute atomic E-state index is 0.208. The summed E-state index contributed by atoms with van der Waals surface area (Å²) >= 11 is 2.92. The number of nitrogens with one attached hydrogen (secondary N) is 1. The Labute approximate surface area is 145 Å². The number of thioether (sulfide) groups is 1. The van der Waals surface area contributed by atoms with Crippen molar-refractivity contribution in [2.45, 2.75) is 5.16 Å². The van der Waals surface area contributed by atoms with Crippen LogP contribution in [0.3, 0.4) is 0 Å². The Bertz CT molecular complexity index is 1070. The molecule has 0 aliphatic rings. The van der Waals surface area contributed by atoms with Crippen molar-refractivity contribution in [2.75, 3.05) is 6.26 Å². The van der Waals surface area contributed by atoms with E-state index in [1.807, 2.05) is 23.8 Å². The van der Waals surface area contributed by atoms with Crippen molar-refractivity contribution in [1.82, 2.24) is 24.9 Å². The van der Waals surface area contributed by atoms with Gasteiger partial charge in [-0.25, -0.2) is 15.0 Å². The van der Waals surface area contributed by atoms with Gasteiger partial charge in [-0.2, -0.15) is 0 Å². The molecule has 0 aliphatic carbocycles. The van der Waals surface area contributed by atoms with E-state index in [0.29, 0.717) is 22.1 Å². The molecule has 0 radical (unpaired) electrons. The van der Waals surface area contributed by atoms with Gasteiger partial charge in [-0.1, -0.05) is 11.8 Å². The lowest BCUT2D eigenvalue weighted by molar-refractivity contribution is 0.988. The molecule has 1 N–H and O–H groups in total. The highest BCUT2D eigenvalue weighted by Gasteiger charge is 2.12. The largest absolute Gasteiger partial charge is 0.306 e. The SMILES string of the molecule is CSc1ncc2cc(-c3csc(-c4ccncc4)n3)c(=O)[nH]c2n1. The molecular weight excluding hydrogens is 342 g/mol. The topological polar surface area (TPSA) is 84.4 Å². The summed E-state index contributed by atoms with van der Waals surface area (Å²) in [5, 5.41) is 4.13. The van der Waals surface area contributed by atoms with Gasteiger partial charge in [-0.05, 0) is 24.5 Å². The van der Waals surface area contributed by atoms with E-state index in [0.717, 1.165) is 16.0 Å². The summed E-state index contributed by atoms with van der Waals surface area (Å²) in [5.41, 5.74) is 2.46. The summed E-state index contributed by atoms with van der Waals surface area (Å²) in [6.45, 7) is 0. The second-order valence-electron chi connectivity index (χ2n) is 4.95. The molecule has 0 spiro atoms. The fourth-order valence-electron chi connectivity index (χ4n) is 2.29. The summed E-state index contributed by atoms with van der Waals surface area (Å²) in [7, 11) is 0. The molecule has 6 nitrogen and oxygen atoms in total. The third-order valence-electron chi connectivity index (χ3n) is 3.46. The van der Waals surface area contributed by atoms with E-state index in [1.165, 1.54) is 23.1 Å². The zero-order chi connectivity index (χ0) is 16.5. The summed E-state index contributed by atoms with van der Waals surface area (Å²) in [5.74, 6) is 0. The first-order chi connectivity index (χ1) is 11.7. The Morgan fingerprint density at radius 3 is 2.83 bits per heavy atom. The average Bonchev–Trinajstić information content (AvgIpc) is 3.11. The maximum absolute atomic E-state index is 12.4. The molecule has 0 aromatic carbocycles. The maximum Gasteiger partial charge on any atom is 0.259 e. The number of hydrogen-bond donors (Lipinski definition) is 1. The van der Waals surface area contributed by atoms with Gasteiger partial charge in [-0.15, -0.1) is 11.3 Å². The number of rotatable bonds is 3. The van der Waals surface area contributed by atoms with E-state index in [9.17, 15) is 4.79 Å². The highest BCUT2D eigenvalue weighted by Crippen LogP contribution is 2.27. The molecule has 0 bridgehead atoms. The van der Waals surface area contributed by atoms with Crippen LogP contribution in [-0.4, -0.2) is 31.2 Å². The van der Waals surface area contributed by atoms with E-state index in [-0.39, 0.29) is 5.56 Å². The first kappa shape index (κ1) is 15.0. The molecule has 0 fully saturated rings. The van der Waals surface area contributed by atoms with Gasteiger partial charge in [0, 0.05) is 34.9 Å². The van der Waals surface area contributed by atoms with Gasteiger partial charge >= 0.3 is 0 Å². The Hall–Kier alpha value is -2.58. The number of fused-ring (bicyclic) bond motifs is 1. The molecule has 4 aromatic rings. The van der Waals surface area contributed by atoms with Crippen LogP contribution in [0.4, 0.5) is 0 Å². The molecular formula is C16H11N5OS2. The van der Waals surface area contributed by atoms with E-state index >= 15 is 0 Å². The first-order valence-electron chi connectivity index (χ1n) is 7.05. The van der Waals surface area contributed by atoms with Crippen molar-refractivity contribution in [3.63, 3.8) is 0 Å². The lowest BCUT2D eigenvalue weighted by Gasteiger charge is -2.01. The smallest absolute Gasteiger partial charge is 0.259 e. The highest BCUT2D eigenvalue weighted by molar-refractivity contribution is 7.98. The van der Waals surface area contributed by atoms with Gasteiger partial charge < -0.3 is 4.98 Å². The second-order valence-corrected chi connectivity index (χ2v) is 6.58. The van der Waals surface area contributed by atoms with Crippen molar-refractivity contribution in [3.05, 3.63) is 52.5 Å². The average molecular weight is 353 g/mol. The standard InChI is InChI=1S/C16H11N5OS2/c1-23-16-18-7-10-6-11(14(22)20-13(10)21-16)12-8-24-15(19-12)9-2-4-17-5-3-9/h2-8H,1H3,(H,18,20,21,22). The van der Waals surface area contributed by atoms with Gasteiger partial charge in [0.1, 0.15) is 10.7 Å². The third-order valence-corrected chi connectivity index (χ3v) is 4.91. The zero-order valence-corrected chi connectivity index (χ0v) is 14.2. The van der Waals surface area contributed by atoms with Crippen molar-refractivity contribution >= 4 is 34.1 Å². The molecule has 0 saturated carbocycles. The number of aromatic nitrogens is 5. The quantitative estimate of drug-likeness (QED) is 0.450. The fraction of sp³-hybridized carbons (Fsp3) is 0.0625. The molecule has 0 amide bonds. The molecule has 118 valence electrons. The zero-order valence-electron chi connectivity index (χ0n) is 12.6. The normalized spacial score (nSPS) is 11.0. The van der Waals surface area contributed by atoms with Crippen LogP contribution in [0.25, 0.3) is 32.9 Å². The molecule has 4 aromatic heterocycles. The predicted molar refractivity (Wildman–Crippen MR) is 96.3 cm³/mol. The summed E-state index contributed by atoms with van der Waals surface area (Å²) in [6, 6.07) is 5.57. The van der Waals surface area contributed by atoms with Crippen molar-refractivity contribution in [1.29, 1.82) is 0 Å². The Morgan fingerprint density at radius 2 is 2.04 bits per heavy atom. The number of thiazole rings is 1. The fourth-order valence-corrected chi connectivity index (χ4v) is 3.46. The molecule has 0 saturated heterocycles. The van der Waals surface area contributed by atoms with Gasteiger partial charge in [0.05, 0.1) is 11.3 Å². The molecule has 4 rings (SSSR count). The van der Waals surface area contributed by atoms with E-state index in [4.69, 9.17) is 0 Å². The van der Waals surface area contributed by atoms with E-state index in [2.05, 4.69) is 24.9 Å². The van der Waals surface area contributed by atoms with Crippen LogP contribution in [0.5, 0.6) is 0 Å². The van der Waals surface area contributed by atoms with Crippen LogP contribution < -0.4 is 5.56 Å². The summed E-state index contributed by atoms with van der Waals surface area (Å²) in [4.78, 5) is 32.4. The molecule has 4 heterocycles. The van der Waals surface area contributed by atoms with Crippen LogP contribution in [0.2, 0.25) is 0 Å². The molecule has 0 aliphatic heterocycles. The first-order valence-corrected chi connectivity index (χ1v) is 9.15. The minimum atomic E-state index is -0.208. The Balaban J connectivity index is 1.81.